The van der Waals surface area contributed by atoms with Crippen LogP contribution in [0.2, 0.25) is 0 Å². The maximum Gasteiger partial charge on any atom is 0.246 e. The molecule has 2 N–H and O–H groups in total. The van der Waals surface area contributed by atoms with Crippen molar-refractivity contribution in [3.8, 4) is 5.75 Å². The quantitative estimate of drug-likeness (QED) is 0.843. The van der Waals surface area contributed by atoms with E-state index in [1.165, 1.54) is 5.56 Å². The van der Waals surface area contributed by atoms with Crippen LogP contribution in [0.15, 0.2) is 42.5 Å². The summed E-state index contributed by atoms with van der Waals surface area (Å²) in [5.74, 6) is 0.584. The van der Waals surface area contributed by atoms with Crippen LogP contribution in [0.3, 0.4) is 0 Å². The van der Waals surface area contributed by atoms with E-state index in [4.69, 9.17) is 4.74 Å². The normalized spacial score (nSPS) is 11.7. The van der Waals surface area contributed by atoms with Gasteiger partial charge in [-0.2, -0.15) is 0 Å². The average Bonchev–Trinajstić information content (AvgIpc) is 2.54. The van der Waals surface area contributed by atoms with Gasteiger partial charge in [0, 0.05) is 5.69 Å². The molecule has 1 amide bonds. The Labute approximate surface area is 137 Å². The number of amides is 1. The summed E-state index contributed by atoms with van der Waals surface area (Å²) < 4.78 is 5.54. The molecule has 0 bridgehead atoms. The number of rotatable bonds is 6. The van der Waals surface area contributed by atoms with Gasteiger partial charge in [0.15, 0.2) is 0 Å². The summed E-state index contributed by atoms with van der Waals surface area (Å²) in [7, 11) is 0. The smallest absolute Gasteiger partial charge is 0.246 e. The fraction of sp³-hybridized carbons (Fsp3) is 0.316. The molecule has 2 aromatic carbocycles. The molecular weight excluding hydrogens is 288 g/mol. The van der Waals surface area contributed by atoms with E-state index in [-0.39, 0.29) is 11.9 Å². The van der Waals surface area contributed by atoms with Crippen LogP contribution in [0, 0.1) is 13.8 Å². The molecule has 1 atom stereocenters. The van der Waals surface area contributed by atoms with Gasteiger partial charge in [-0.25, -0.2) is 0 Å². The van der Waals surface area contributed by atoms with E-state index in [1.807, 2.05) is 57.2 Å². The lowest BCUT2D eigenvalue weighted by molar-refractivity contribution is -0.116. The molecule has 0 fully saturated rings. The van der Waals surface area contributed by atoms with Crippen LogP contribution in [-0.2, 0) is 4.79 Å². The minimum absolute atomic E-state index is 0.0990. The van der Waals surface area contributed by atoms with Gasteiger partial charge < -0.3 is 15.4 Å². The predicted molar refractivity (Wildman–Crippen MR) is 95.2 cm³/mol. The third-order valence-electron chi connectivity index (χ3n) is 3.81. The Bertz CT molecular complexity index is 683. The molecule has 0 radical (unpaired) electrons. The van der Waals surface area contributed by atoms with Crippen molar-refractivity contribution in [3.63, 3.8) is 0 Å². The maximum absolute atomic E-state index is 12.4. The van der Waals surface area contributed by atoms with Crippen LogP contribution in [0.4, 0.5) is 11.4 Å². The highest BCUT2D eigenvalue weighted by atomic mass is 16.5. The van der Waals surface area contributed by atoms with Gasteiger partial charge >= 0.3 is 0 Å². The summed E-state index contributed by atoms with van der Waals surface area (Å²) >= 11 is 0. The lowest BCUT2D eigenvalue weighted by Gasteiger charge is -2.18. The van der Waals surface area contributed by atoms with Gasteiger partial charge in [0.1, 0.15) is 11.8 Å². The van der Waals surface area contributed by atoms with Gasteiger partial charge in [-0.1, -0.05) is 24.3 Å². The van der Waals surface area contributed by atoms with Crippen molar-refractivity contribution in [2.45, 2.75) is 33.7 Å². The number of anilines is 2. The first-order chi connectivity index (χ1) is 11.0. The molecule has 0 saturated carbocycles. The van der Waals surface area contributed by atoms with Crippen LogP contribution in [0.1, 0.15) is 25.0 Å². The zero-order valence-corrected chi connectivity index (χ0v) is 14.1. The number of aryl methyl sites for hydroxylation is 1. The SMILES string of the molecule is CCOc1ccccc1NC(=O)C(C)Nc1cccc(C)c1C. The standard InChI is InChI=1S/C19H24N2O2/c1-5-23-18-12-7-6-10-17(18)21-19(22)15(4)20-16-11-8-9-13(2)14(16)3/h6-12,15,20H,5H2,1-4H3,(H,21,22). The Morgan fingerprint density at radius 1 is 1.09 bits per heavy atom. The fourth-order valence-electron chi connectivity index (χ4n) is 2.30. The van der Waals surface area contributed by atoms with E-state index >= 15 is 0 Å². The largest absolute Gasteiger partial charge is 0.492 e. The molecule has 0 aliphatic rings. The van der Waals surface area contributed by atoms with Crippen molar-refractivity contribution in [2.75, 3.05) is 17.2 Å². The molecule has 0 aliphatic carbocycles. The molecule has 0 aliphatic heterocycles. The first-order valence-corrected chi connectivity index (χ1v) is 7.88. The minimum atomic E-state index is -0.356. The lowest BCUT2D eigenvalue weighted by atomic mass is 10.1. The lowest BCUT2D eigenvalue weighted by Crippen LogP contribution is -2.32. The number of carbonyl (C=O) groups excluding carboxylic acids is 1. The van der Waals surface area contributed by atoms with E-state index in [1.54, 1.807) is 0 Å². The Hall–Kier alpha value is -2.49. The molecule has 23 heavy (non-hydrogen) atoms. The Morgan fingerprint density at radius 2 is 1.78 bits per heavy atom. The second-order valence-electron chi connectivity index (χ2n) is 5.53. The van der Waals surface area contributed by atoms with Gasteiger partial charge in [0.25, 0.3) is 0 Å². The number of carbonyl (C=O) groups is 1. The van der Waals surface area contributed by atoms with Gasteiger partial charge in [-0.15, -0.1) is 0 Å². The summed E-state index contributed by atoms with van der Waals surface area (Å²) in [6.07, 6.45) is 0. The van der Waals surface area contributed by atoms with Crippen LogP contribution in [0.25, 0.3) is 0 Å². The predicted octanol–water partition coefficient (Wildman–Crippen LogP) is 4.14. The number of hydrogen-bond donors (Lipinski definition) is 2. The first-order valence-electron chi connectivity index (χ1n) is 7.88. The number of para-hydroxylation sites is 2. The molecule has 0 heterocycles. The fourth-order valence-corrected chi connectivity index (χ4v) is 2.30. The van der Waals surface area contributed by atoms with E-state index in [0.717, 1.165) is 11.3 Å². The summed E-state index contributed by atoms with van der Waals surface area (Å²) in [5, 5.41) is 6.19. The zero-order chi connectivity index (χ0) is 16.8. The van der Waals surface area contributed by atoms with Crippen molar-refractivity contribution >= 4 is 17.3 Å². The summed E-state index contributed by atoms with van der Waals surface area (Å²) in [6, 6.07) is 13.1. The Balaban J connectivity index is 2.07. The third-order valence-corrected chi connectivity index (χ3v) is 3.81. The molecule has 0 saturated heterocycles. The summed E-state index contributed by atoms with van der Waals surface area (Å²) in [4.78, 5) is 12.4. The van der Waals surface area contributed by atoms with Crippen molar-refractivity contribution in [2.24, 2.45) is 0 Å². The minimum Gasteiger partial charge on any atom is -0.492 e. The van der Waals surface area contributed by atoms with Crippen LogP contribution >= 0.6 is 0 Å². The molecule has 0 spiro atoms. The number of ether oxygens (including phenoxy) is 1. The van der Waals surface area contributed by atoms with Crippen LogP contribution < -0.4 is 15.4 Å². The third kappa shape index (κ3) is 4.25. The van der Waals surface area contributed by atoms with Crippen molar-refractivity contribution in [3.05, 3.63) is 53.6 Å². The molecule has 0 aromatic heterocycles. The molecule has 4 heteroatoms. The molecular formula is C19H24N2O2. The van der Waals surface area contributed by atoms with Gasteiger partial charge in [-0.3, -0.25) is 4.79 Å². The van der Waals surface area contributed by atoms with E-state index in [0.29, 0.717) is 18.0 Å². The van der Waals surface area contributed by atoms with E-state index in [9.17, 15) is 4.79 Å². The summed E-state index contributed by atoms with van der Waals surface area (Å²) in [5.41, 5.74) is 4.02. The van der Waals surface area contributed by atoms with Gasteiger partial charge in [-0.05, 0) is 57.0 Å². The zero-order valence-electron chi connectivity index (χ0n) is 14.1. The van der Waals surface area contributed by atoms with E-state index < -0.39 is 0 Å². The van der Waals surface area contributed by atoms with Crippen LogP contribution in [-0.4, -0.2) is 18.6 Å². The molecule has 1 unspecified atom stereocenters. The van der Waals surface area contributed by atoms with Gasteiger partial charge in [0.2, 0.25) is 5.91 Å². The molecule has 4 nitrogen and oxygen atoms in total. The van der Waals surface area contributed by atoms with Gasteiger partial charge in [0.05, 0.1) is 12.3 Å². The first kappa shape index (κ1) is 16.9. The highest BCUT2D eigenvalue weighted by Crippen LogP contribution is 2.24. The van der Waals surface area contributed by atoms with Crippen LogP contribution in [0.5, 0.6) is 5.75 Å². The van der Waals surface area contributed by atoms with Crippen molar-refractivity contribution in [1.29, 1.82) is 0 Å². The van der Waals surface area contributed by atoms with E-state index in [2.05, 4.69) is 23.6 Å². The maximum atomic E-state index is 12.4. The van der Waals surface area contributed by atoms with Crippen molar-refractivity contribution in [1.82, 2.24) is 0 Å². The number of benzene rings is 2. The number of hydrogen-bond acceptors (Lipinski definition) is 3. The Morgan fingerprint density at radius 3 is 2.52 bits per heavy atom. The molecule has 122 valence electrons. The second-order valence-corrected chi connectivity index (χ2v) is 5.53. The topological polar surface area (TPSA) is 50.4 Å². The number of nitrogens with one attached hydrogen (secondary N) is 2. The highest BCUT2D eigenvalue weighted by Gasteiger charge is 2.15. The molecule has 2 aromatic rings. The van der Waals surface area contributed by atoms with Crippen molar-refractivity contribution < 1.29 is 9.53 Å². The summed E-state index contributed by atoms with van der Waals surface area (Å²) in [6.45, 7) is 8.43. The Kier molecular flexibility index (Phi) is 5.63. The second kappa shape index (κ2) is 7.68. The highest BCUT2D eigenvalue weighted by molar-refractivity contribution is 5.97. The average molecular weight is 312 g/mol. The molecule has 2 rings (SSSR count). The monoisotopic (exact) mass is 312 g/mol.